The van der Waals surface area contributed by atoms with Crippen molar-refractivity contribution in [3.8, 4) is 6.07 Å². The molecule has 114 valence electrons. The van der Waals surface area contributed by atoms with Crippen LogP contribution in [0.5, 0.6) is 0 Å². The fraction of sp³-hybridized carbons (Fsp3) is 0.267. The third kappa shape index (κ3) is 2.14. The number of aromatic amines is 1. The van der Waals surface area contributed by atoms with Crippen LogP contribution in [0.1, 0.15) is 18.0 Å². The summed E-state index contributed by atoms with van der Waals surface area (Å²) in [6.45, 7) is 1.43. The standard InChI is InChI=1S/C15H13N7O/c16-7-12-14(11-1-3-17-8-13(11)19-15(12)23)21-5-2-10(9-21)22-6-4-18-20-22/h1,3-4,6,8,10H,2,5,9H2,(H,19,23)/t10-/m1/s1. The number of fused-ring (bicyclic) bond motifs is 1. The third-order valence-electron chi connectivity index (χ3n) is 4.19. The molecule has 0 unspecified atom stereocenters. The first-order valence-electron chi connectivity index (χ1n) is 7.29. The molecular formula is C15H13N7O. The summed E-state index contributed by atoms with van der Waals surface area (Å²) in [5, 5.41) is 18.1. The molecule has 0 spiro atoms. The lowest BCUT2D eigenvalue weighted by Crippen LogP contribution is -2.25. The van der Waals surface area contributed by atoms with E-state index in [9.17, 15) is 10.1 Å². The first-order chi connectivity index (χ1) is 11.3. The summed E-state index contributed by atoms with van der Waals surface area (Å²) in [6.07, 6.45) is 7.63. The lowest BCUT2D eigenvalue weighted by Gasteiger charge is -2.21. The van der Waals surface area contributed by atoms with Crippen LogP contribution in [-0.2, 0) is 0 Å². The van der Waals surface area contributed by atoms with Gasteiger partial charge in [-0.1, -0.05) is 5.21 Å². The Hall–Kier alpha value is -3.21. The number of nitrogens with one attached hydrogen (secondary N) is 1. The van der Waals surface area contributed by atoms with Gasteiger partial charge in [0.05, 0.1) is 29.6 Å². The molecule has 4 heterocycles. The highest BCUT2D eigenvalue weighted by Crippen LogP contribution is 2.32. The number of hydrogen-bond acceptors (Lipinski definition) is 6. The summed E-state index contributed by atoms with van der Waals surface area (Å²) in [7, 11) is 0. The molecule has 0 bridgehead atoms. The summed E-state index contributed by atoms with van der Waals surface area (Å²) >= 11 is 0. The van der Waals surface area contributed by atoms with E-state index in [1.165, 1.54) is 0 Å². The number of H-pyrrole nitrogens is 1. The van der Waals surface area contributed by atoms with Crippen LogP contribution < -0.4 is 10.5 Å². The molecule has 0 aromatic carbocycles. The number of nitrogens with zero attached hydrogens (tertiary/aromatic N) is 6. The van der Waals surface area contributed by atoms with Gasteiger partial charge < -0.3 is 9.88 Å². The van der Waals surface area contributed by atoms with Crippen LogP contribution in [0.2, 0.25) is 0 Å². The monoisotopic (exact) mass is 307 g/mol. The predicted octanol–water partition coefficient (Wildman–Crippen LogP) is 0.838. The van der Waals surface area contributed by atoms with Crippen molar-refractivity contribution in [1.29, 1.82) is 5.26 Å². The van der Waals surface area contributed by atoms with Gasteiger partial charge in [0.25, 0.3) is 5.56 Å². The highest BCUT2D eigenvalue weighted by molar-refractivity contribution is 5.94. The highest BCUT2D eigenvalue weighted by Gasteiger charge is 2.28. The van der Waals surface area contributed by atoms with E-state index in [1.54, 1.807) is 18.6 Å². The first-order valence-corrected chi connectivity index (χ1v) is 7.29. The van der Waals surface area contributed by atoms with E-state index in [4.69, 9.17) is 0 Å². The molecule has 0 radical (unpaired) electrons. The van der Waals surface area contributed by atoms with E-state index in [1.807, 2.05) is 23.0 Å². The van der Waals surface area contributed by atoms with E-state index >= 15 is 0 Å². The van der Waals surface area contributed by atoms with E-state index in [-0.39, 0.29) is 17.2 Å². The van der Waals surface area contributed by atoms with Crippen LogP contribution in [0.25, 0.3) is 10.9 Å². The molecule has 1 atom stereocenters. The summed E-state index contributed by atoms with van der Waals surface area (Å²) in [5.74, 6) is 0. The van der Waals surface area contributed by atoms with Crippen LogP contribution in [-0.4, -0.2) is 38.1 Å². The van der Waals surface area contributed by atoms with Gasteiger partial charge in [-0.2, -0.15) is 5.26 Å². The Morgan fingerprint density at radius 2 is 2.30 bits per heavy atom. The molecule has 8 heteroatoms. The van der Waals surface area contributed by atoms with Crippen LogP contribution in [0.15, 0.2) is 35.6 Å². The maximum Gasteiger partial charge on any atom is 0.268 e. The van der Waals surface area contributed by atoms with E-state index in [2.05, 4.69) is 25.2 Å². The number of anilines is 1. The fourth-order valence-corrected chi connectivity index (χ4v) is 3.13. The topological polar surface area (TPSA) is 103 Å². The van der Waals surface area contributed by atoms with Gasteiger partial charge in [-0.25, -0.2) is 4.68 Å². The van der Waals surface area contributed by atoms with E-state index < -0.39 is 0 Å². The molecule has 1 aliphatic rings. The van der Waals surface area contributed by atoms with Crippen LogP contribution >= 0.6 is 0 Å². The van der Waals surface area contributed by atoms with Crippen LogP contribution in [0.4, 0.5) is 5.69 Å². The third-order valence-corrected chi connectivity index (χ3v) is 4.19. The number of rotatable bonds is 2. The maximum atomic E-state index is 12.2. The minimum absolute atomic E-state index is 0.142. The molecule has 0 aliphatic carbocycles. The Kier molecular flexibility index (Phi) is 3.05. The Labute approximate surface area is 131 Å². The first kappa shape index (κ1) is 13.5. The van der Waals surface area contributed by atoms with Gasteiger partial charge in [0.1, 0.15) is 11.6 Å². The summed E-state index contributed by atoms with van der Waals surface area (Å²) in [4.78, 5) is 21.0. The van der Waals surface area contributed by atoms with Crippen molar-refractivity contribution in [2.75, 3.05) is 18.0 Å². The van der Waals surface area contributed by atoms with Gasteiger partial charge in [0.2, 0.25) is 0 Å². The van der Waals surface area contributed by atoms with Gasteiger partial charge in [-0.15, -0.1) is 5.10 Å². The number of pyridine rings is 2. The van der Waals surface area contributed by atoms with E-state index in [0.29, 0.717) is 17.7 Å². The van der Waals surface area contributed by atoms with Crippen molar-refractivity contribution < 1.29 is 0 Å². The number of nitriles is 1. The second-order valence-corrected chi connectivity index (χ2v) is 5.48. The molecule has 3 aromatic rings. The zero-order valence-electron chi connectivity index (χ0n) is 12.2. The summed E-state index contributed by atoms with van der Waals surface area (Å²) < 4.78 is 1.82. The molecule has 0 amide bonds. The zero-order valence-corrected chi connectivity index (χ0v) is 12.2. The Bertz CT molecular complexity index is 954. The zero-order chi connectivity index (χ0) is 15.8. The Morgan fingerprint density at radius 3 is 3.09 bits per heavy atom. The van der Waals surface area contributed by atoms with Crippen molar-refractivity contribution in [1.82, 2.24) is 25.0 Å². The van der Waals surface area contributed by atoms with Crippen molar-refractivity contribution >= 4 is 16.6 Å². The lowest BCUT2D eigenvalue weighted by molar-refractivity contribution is 0.479. The quantitative estimate of drug-likeness (QED) is 0.752. The highest BCUT2D eigenvalue weighted by atomic mass is 16.1. The van der Waals surface area contributed by atoms with Crippen LogP contribution in [0.3, 0.4) is 0 Å². The molecule has 4 rings (SSSR count). The smallest absolute Gasteiger partial charge is 0.268 e. The van der Waals surface area contributed by atoms with Gasteiger partial charge in [0.15, 0.2) is 0 Å². The molecule has 3 aromatic heterocycles. The van der Waals surface area contributed by atoms with Crippen molar-refractivity contribution in [2.24, 2.45) is 0 Å². The van der Waals surface area contributed by atoms with Crippen molar-refractivity contribution in [2.45, 2.75) is 12.5 Å². The molecule has 0 saturated carbocycles. The van der Waals surface area contributed by atoms with Gasteiger partial charge >= 0.3 is 0 Å². The molecule has 1 fully saturated rings. The van der Waals surface area contributed by atoms with Gasteiger partial charge in [-0.3, -0.25) is 9.78 Å². The number of aromatic nitrogens is 5. The largest absolute Gasteiger partial charge is 0.368 e. The number of hydrogen-bond donors (Lipinski definition) is 1. The SMILES string of the molecule is N#Cc1c(N2CC[C@@H](n3ccnn3)C2)c2ccncc2[nH]c1=O. The fourth-order valence-electron chi connectivity index (χ4n) is 3.13. The minimum atomic E-state index is -0.382. The maximum absolute atomic E-state index is 12.2. The molecule has 1 N–H and O–H groups in total. The summed E-state index contributed by atoms with van der Waals surface area (Å²) in [6, 6.07) is 4.05. The molecule has 1 saturated heterocycles. The van der Waals surface area contributed by atoms with Gasteiger partial charge in [-0.05, 0) is 12.5 Å². The van der Waals surface area contributed by atoms with Crippen molar-refractivity contribution in [3.05, 3.63) is 46.8 Å². The van der Waals surface area contributed by atoms with Crippen LogP contribution in [0, 0.1) is 11.3 Å². The Morgan fingerprint density at radius 1 is 1.39 bits per heavy atom. The molecule has 1 aliphatic heterocycles. The molecule has 8 nitrogen and oxygen atoms in total. The molecule has 23 heavy (non-hydrogen) atoms. The summed E-state index contributed by atoms with van der Waals surface area (Å²) in [5.41, 5.74) is 1.07. The average Bonchev–Trinajstić information content (AvgIpc) is 3.24. The predicted molar refractivity (Wildman–Crippen MR) is 83.0 cm³/mol. The lowest BCUT2D eigenvalue weighted by atomic mass is 10.1. The van der Waals surface area contributed by atoms with Crippen molar-refractivity contribution in [3.63, 3.8) is 0 Å². The second kappa shape index (κ2) is 5.21. The Balaban J connectivity index is 1.83. The normalized spacial score (nSPS) is 17.5. The van der Waals surface area contributed by atoms with Gasteiger partial charge in [0, 0.05) is 30.9 Å². The average molecular weight is 307 g/mol. The minimum Gasteiger partial charge on any atom is -0.368 e. The molecular weight excluding hydrogens is 294 g/mol. The van der Waals surface area contributed by atoms with E-state index in [0.717, 1.165) is 18.4 Å². The second-order valence-electron chi connectivity index (χ2n) is 5.48.